The zero-order chi connectivity index (χ0) is 20.5. The van der Waals surface area contributed by atoms with Crippen LogP contribution in [0.3, 0.4) is 0 Å². The summed E-state index contributed by atoms with van der Waals surface area (Å²) in [6.45, 7) is 0. The van der Waals surface area contributed by atoms with Crippen molar-refractivity contribution in [2.45, 2.75) is 37.8 Å². The zero-order valence-electron chi connectivity index (χ0n) is 17.2. The van der Waals surface area contributed by atoms with E-state index in [4.69, 9.17) is 4.74 Å². The summed E-state index contributed by atoms with van der Waals surface area (Å²) in [5, 5.41) is 12.4. The van der Waals surface area contributed by atoms with Gasteiger partial charge in [0.05, 0.1) is 29.7 Å². The van der Waals surface area contributed by atoms with E-state index in [1.54, 1.807) is 7.11 Å². The molecule has 5 rings (SSSR count). The number of methoxy groups -OCH3 is 1. The Morgan fingerprint density at radius 2 is 1.87 bits per heavy atom. The lowest BCUT2D eigenvalue weighted by Gasteiger charge is -2.28. The van der Waals surface area contributed by atoms with Crippen molar-refractivity contribution < 1.29 is 4.74 Å². The molecule has 0 amide bonds. The molecule has 1 aliphatic carbocycles. The summed E-state index contributed by atoms with van der Waals surface area (Å²) in [7, 11) is 3.66. The highest BCUT2D eigenvalue weighted by Gasteiger charge is 2.20. The van der Waals surface area contributed by atoms with E-state index in [9.17, 15) is 0 Å². The Labute approximate surface area is 174 Å². The minimum atomic E-state index is 0.426. The lowest BCUT2D eigenvalue weighted by atomic mass is 9.91. The van der Waals surface area contributed by atoms with Gasteiger partial charge in [-0.25, -0.2) is 19.5 Å². The maximum atomic E-state index is 5.40. The number of ether oxygens (including phenoxy) is 1. The highest BCUT2D eigenvalue weighted by molar-refractivity contribution is 5.91. The molecule has 154 valence electrons. The van der Waals surface area contributed by atoms with Crippen molar-refractivity contribution in [2.24, 2.45) is 0 Å². The second-order valence-corrected chi connectivity index (χ2v) is 7.74. The van der Waals surface area contributed by atoms with E-state index in [0.29, 0.717) is 23.9 Å². The fraction of sp³-hybridized carbons (Fsp3) is 0.364. The second-order valence-electron chi connectivity index (χ2n) is 7.74. The molecule has 1 aliphatic rings. The standard InChI is InChI=1S/C22H25N7O/c1-23-15-4-6-16(7-5-15)27-22-24-12-20-17(9-10-29(20)28-22)14-3-8-19-18(11-14)21(30-2)26-13-25-19/h3,8-13,15-16,23H,4-7H2,1-2H3,(H,27,28)/t15-,16-. The van der Waals surface area contributed by atoms with Gasteiger partial charge in [0.15, 0.2) is 0 Å². The predicted molar refractivity (Wildman–Crippen MR) is 117 cm³/mol. The maximum Gasteiger partial charge on any atom is 0.241 e. The SMILES string of the molecule is CN[C@H]1CC[C@H](Nc2ncc3c(-c4ccc5ncnc(OC)c5c4)ccn3n2)CC1. The summed E-state index contributed by atoms with van der Waals surface area (Å²) in [6, 6.07) is 9.20. The van der Waals surface area contributed by atoms with Crippen LogP contribution in [0, 0.1) is 0 Å². The zero-order valence-corrected chi connectivity index (χ0v) is 17.2. The lowest BCUT2D eigenvalue weighted by molar-refractivity contribution is 0.370. The maximum absolute atomic E-state index is 5.40. The average Bonchev–Trinajstić information content (AvgIpc) is 3.22. The fourth-order valence-electron chi connectivity index (χ4n) is 4.28. The first-order chi connectivity index (χ1) is 14.7. The van der Waals surface area contributed by atoms with Crippen LogP contribution in [0.2, 0.25) is 0 Å². The van der Waals surface area contributed by atoms with Crippen molar-refractivity contribution in [3.05, 3.63) is 43.0 Å². The Morgan fingerprint density at radius 3 is 2.67 bits per heavy atom. The summed E-state index contributed by atoms with van der Waals surface area (Å²) < 4.78 is 7.28. The van der Waals surface area contributed by atoms with Crippen LogP contribution in [0.15, 0.2) is 43.0 Å². The van der Waals surface area contributed by atoms with Gasteiger partial charge in [-0.1, -0.05) is 6.07 Å². The van der Waals surface area contributed by atoms with E-state index in [1.165, 1.54) is 19.2 Å². The molecule has 1 saturated carbocycles. The summed E-state index contributed by atoms with van der Waals surface area (Å²) in [5.41, 5.74) is 3.91. The molecule has 3 aromatic heterocycles. The van der Waals surface area contributed by atoms with Crippen LogP contribution in [-0.4, -0.2) is 50.8 Å². The van der Waals surface area contributed by atoms with E-state index in [0.717, 1.165) is 40.4 Å². The van der Waals surface area contributed by atoms with Gasteiger partial charge < -0.3 is 15.4 Å². The summed E-state index contributed by atoms with van der Waals surface area (Å²) in [5.74, 6) is 1.24. The topological polar surface area (TPSA) is 89.3 Å². The van der Waals surface area contributed by atoms with Crippen LogP contribution in [0.25, 0.3) is 27.5 Å². The average molecular weight is 403 g/mol. The van der Waals surface area contributed by atoms with E-state index in [1.807, 2.05) is 30.0 Å². The summed E-state index contributed by atoms with van der Waals surface area (Å²) in [4.78, 5) is 13.1. The van der Waals surface area contributed by atoms with Crippen molar-refractivity contribution in [3.63, 3.8) is 0 Å². The number of rotatable bonds is 5. The van der Waals surface area contributed by atoms with Crippen LogP contribution >= 0.6 is 0 Å². The molecule has 0 saturated heterocycles. The Bertz CT molecular complexity index is 1180. The van der Waals surface area contributed by atoms with Crippen molar-refractivity contribution in [1.82, 2.24) is 29.9 Å². The molecule has 0 bridgehead atoms. The molecular weight excluding hydrogens is 378 g/mol. The van der Waals surface area contributed by atoms with Crippen molar-refractivity contribution >= 4 is 22.4 Å². The van der Waals surface area contributed by atoms with Gasteiger partial charge in [0.25, 0.3) is 0 Å². The molecule has 1 fully saturated rings. The first-order valence-electron chi connectivity index (χ1n) is 10.3. The van der Waals surface area contributed by atoms with Crippen LogP contribution < -0.4 is 15.4 Å². The van der Waals surface area contributed by atoms with E-state index in [-0.39, 0.29) is 0 Å². The molecule has 30 heavy (non-hydrogen) atoms. The first kappa shape index (κ1) is 18.7. The number of hydrogen-bond acceptors (Lipinski definition) is 7. The molecule has 8 nitrogen and oxygen atoms in total. The van der Waals surface area contributed by atoms with Gasteiger partial charge in [-0.05, 0) is 56.5 Å². The monoisotopic (exact) mass is 403 g/mol. The van der Waals surface area contributed by atoms with Gasteiger partial charge in [0, 0.05) is 23.8 Å². The van der Waals surface area contributed by atoms with Gasteiger partial charge in [-0.2, -0.15) is 0 Å². The molecular formula is C22H25N7O. The fourth-order valence-corrected chi connectivity index (χ4v) is 4.28. The van der Waals surface area contributed by atoms with Gasteiger partial charge in [-0.3, -0.25) is 0 Å². The number of aromatic nitrogens is 5. The number of benzene rings is 1. The van der Waals surface area contributed by atoms with Crippen LogP contribution in [0.1, 0.15) is 25.7 Å². The largest absolute Gasteiger partial charge is 0.480 e. The number of anilines is 1. The lowest BCUT2D eigenvalue weighted by Crippen LogP contribution is -2.35. The molecule has 0 radical (unpaired) electrons. The minimum Gasteiger partial charge on any atom is -0.480 e. The Balaban J connectivity index is 1.42. The normalized spacial score (nSPS) is 19.3. The van der Waals surface area contributed by atoms with Gasteiger partial charge in [0.1, 0.15) is 6.33 Å². The summed E-state index contributed by atoms with van der Waals surface area (Å²) >= 11 is 0. The third kappa shape index (κ3) is 3.43. The Hall–Kier alpha value is -3.26. The second kappa shape index (κ2) is 7.87. The van der Waals surface area contributed by atoms with Crippen LogP contribution in [0.4, 0.5) is 5.95 Å². The predicted octanol–water partition coefficient (Wildman–Crippen LogP) is 3.29. The molecule has 0 unspecified atom stereocenters. The van der Waals surface area contributed by atoms with E-state index < -0.39 is 0 Å². The molecule has 4 aromatic rings. The molecule has 8 heteroatoms. The number of hydrogen-bond donors (Lipinski definition) is 2. The van der Waals surface area contributed by atoms with Crippen LogP contribution in [-0.2, 0) is 0 Å². The van der Waals surface area contributed by atoms with E-state index >= 15 is 0 Å². The first-order valence-corrected chi connectivity index (χ1v) is 10.3. The molecule has 0 aliphatic heterocycles. The van der Waals surface area contributed by atoms with Crippen molar-refractivity contribution in [2.75, 3.05) is 19.5 Å². The minimum absolute atomic E-state index is 0.426. The van der Waals surface area contributed by atoms with Gasteiger partial charge in [-0.15, -0.1) is 5.10 Å². The number of fused-ring (bicyclic) bond motifs is 2. The Morgan fingerprint density at radius 1 is 1.03 bits per heavy atom. The van der Waals surface area contributed by atoms with Crippen LogP contribution in [0.5, 0.6) is 5.88 Å². The molecule has 0 spiro atoms. The Kier molecular flexibility index (Phi) is 4.92. The quantitative estimate of drug-likeness (QED) is 0.528. The summed E-state index contributed by atoms with van der Waals surface area (Å²) in [6.07, 6.45) is 9.99. The third-order valence-electron chi connectivity index (χ3n) is 5.99. The van der Waals surface area contributed by atoms with Crippen molar-refractivity contribution in [3.8, 4) is 17.0 Å². The number of nitrogens with zero attached hydrogens (tertiary/aromatic N) is 5. The molecule has 1 aromatic carbocycles. The highest BCUT2D eigenvalue weighted by atomic mass is 16.5. The molecule has 3 heterocycles. The van der Waals surface area contributed by atoms with E-state index in [2.05, 4.69) is 48.9 Å². The number of nitrogens with one attached hydrogen (secondary N) is 2. The van der Waals surface area contributed by atoms with Gasteiger partial charge >= 0.3 is 0 Å². The third-order valence-corrected chi connectivity index (χ3v) is 5.99. The smallest absolute Gasteiger partial charge is 0.241 e. The molecule has 0 atom stereocenters. The van der Waals surface area contributed by atoms with Gasteiger partial charge in [0.2, 0.25) is 11.8 Å². The highest BCUT2D eigenvalue weighted by Crippen LogP contribution is 2.31. The van der Waals surface area contributed by atoms with Crippen molar-refractivity contribution in [1.29, 1.82) is 0 Å². The molecule has 2 N–H and O–H groups in total.